The Morgan fingerprint density at radius 1 is 1.05 bits per heavy atom. The summed E-state index contributed by atoms with van der Waals surface area (Å²) >= 11 is 4.76. The first-order chi connectivity index (χ1) is 20.8. The smallest absolute Gasteiger partial charge is 0.259 e. The van der Waals surface area contributed by atoms with Gasteiger partial charge in [-0.25, -0.2) is 13.8 Å². The summed E-state index contributed by atoms with van der Waals surface area (Å²) in [6, 6.07) is 14.5. The molecule has 1 spiro atoms. The van der Waals surface area contributed by atoms with Crippen molar-refractivity contribution >= 4 is 56.3 Å². The molecule has 5 heterocycles. The van der Waals surface area contributed by atoms with Crippen LogP contribution in [0.2, 0.25) is 0 Å². The quantitative estimate of drug-likeness (QED) is 0.256. The number of benzene rings is 2. The summed E-state index contributed by atoms with van der Waals surface area (Å²) in [6.45, 7) is 3.56. The maximum Gasteiger partial charge on any atom is 0.259 e. The number of anilines is 3. The van der Waals surface area contributed by atoms with Gasteiger partial charge in [-0.1, -0.05) is 0 Å². The van der Waals surface area contributed by atoms with Gasteiger partial charge in [0.2, 0.25) is 0 Å². The highest BCUT2D eigenvalue weighted by Gasteiger charge is 2.45. The molecule has 0 radical (unpaired) electrons. The molecule has 220 valence electrons. The SMILES string of the molecule is O=C(Nc1ccc(C(=O)N2CCc3cc(Br)sc3-c3c2ccc(F)c3F)cc1)c1cccnc1N1CC2(CCOCC2)C1. The van der Waals surface area contributed by atoms with Crippen LogP contribution in [0.3, 0.4) is 0 Å². The lowest BCUT2D eigenvalue weighted by Crippen LogP contribution is -2.59. The van der Waals surface area contributed by atoms with Gasteiger partial charge in [0.15, 0.2) is 11.6 Å². The number of nitrogens with one attached hydrogen (secondary N) is 1. The standard InChI is InChI=1S/C32H27BrF2N4O3S/c33-25-16-20-9-13-39(24-8-7-23(34)27(35)26(24)28(20)43-25)31(41)19-3-5-21(6-4-19)37-30(40)22-2-1-12-36-29(22)38-17-32(18-38)10-14-42-15-11-32/h1-8,12,16H,9-11,13-15,17-18H2,(H,37,40). The number of fused-ring (bicyclic) bond motifs is 3. The molecule has 3 aliphatic heterocycles. The zero-order valence-corrected chi connectivity index (χ0v) is 25.4. The van der Waals surface area contributed by atoms with Crippen molar-refractivity contribution in [3.8, 4) is 10.4 Å². The highest BCUT2D eigenvalue weighted by Crippen LogP contribution is 2.45. The molecule has 2 aromatic heterocycles. The molecule has 2 amide bonds. The number of halogens is 3. The van der Waals surface area contributed by atoms with Crippen LogP contribution in [0.25, 0.3) is 10.4 Å². The molecular weight excluding hydrogens is 638 g/mol. The number of rotatable bonds is 4. The van der Waals surface area contributed by atoms with Crippen molar-refractivity contribution in [3.05, 3.63) is 92.9 Å². The summed E-state index contributed by atoms with van der Waals surface area (Å²) in [7, 11) is 0. The van der Waals surface area contributed by atoms with E-state index in [0.29, 0.717) is 46.2 Å². The zero-order chi connectivity index (χ0) is 29.7. The molecule has 4 aromatic rings. The topological polar surface area (TPSA) is 74.8 Å². The van der Waals surface area contributed by atoms with Crippen LogP contribution in [0.5, 0.6) is 0 Å². The Kier molecular flexibility index (Phi) is 7.27. The van der Waals surface area contributed by atoms with Gasteiger partial charge in [-0.2, -0.15) is 0 Å². The van der Waals surface area contributed by atoms with Crippen LogP contribution in [-0.4, -0.2) is 49.6 Å². The predicted octanol–water partition coefficient (Wildman–Crippen LogP) is 6.92. The molecule has 2 fully saturated rings. The van der Waals surface area contributed by atoms with E-state index in [1.807, 2.05) is 6.07 Å². The highest BCUT2D eigenvalue weighted by atomic mass is 79.9. The molecule has 3 aliphatic rings. The van der Waals surface area contributed by atoms with Gasteiger partial charge in [-0.3, -0.25) is 9.59 Å². The largest absolute Gasteiger partial charge is 0.381 e. The van der Waals surface area contributed by atoms with Crippen LogP contribution in [0.1, 0.15) is 39.1 Å². The Morgan fingerprint density at radius 2 is 1.81 bits per heavy atom. The van der Waals surface area contributed by atoms with E-state index >= 15 is 4.39 Å². The van der Waals surface area contributed by atoms with E-state index < -0.39 is 11.6 Å². The average Bonchev–Trinajstić information content (AvgIpc) is 3.30. The van der Waals surface area contributed by atoms with E-state index in [9.17, 15) is 14.0 Å². The third kappa shape index (κ3) is 5.13. The van der Waals surface area contributed by atoms with E-state index in [0.717, 1.165) is 54.6 Å². The Labute approximate surface area is 259 Å². The van der Waals surface area contributed by atoms with Gasteiger partial charge in [0.05, 0.1) is 20.6 Å². The second kappa shape index (κ2) is 11.1. The van der Waals surface area contributed by atoms with E-state index in [-0.39, 0.29) is 22.8 Å². The maximum absolute atomic E-state index is 15.1. The molecule has 7 nitrogen and oxygen atoms in total. The van der Waals surface area contributed by atoms with Gasteiger partial charge < -0.3 is 19.9 Å². The summed E-state index contributed by atoms with van der Waals surface area (Å²) in [5, 5.41) is 2.93. The number of ether oxygens (including phenoxy) is 1. The lowest BCUT2D eigenvalue weighted by atomic mass is 9.73. The van der Waals surface area contributed by atoms with Crippen molar-refractivity contribution < 1.29 is 23.1 Å². The number of hydrogen-bond acceptors (Lipinski definition) is 6. The third-order valence-electron chi connectivity index (χ3n) is 8.55. The maximum atomic E-state index is 15.1. The number of carbonyl (C=O) groups is 2. The molecule has 0 bridgehead atoms. The number of pyridine rings is 1. The summed E-state index contributed by atoms with van der Waals surface area (Å²) in [5.41, 5.74) is 2.89. The number of amides is 2. The monoisotopic (exact) mass is 664 g/mol. The molecule has 7 rings (SSSR count). The van der Waals surface area contributed by atoms with Crippen LogP contribution < -0.4 is 15.1 Å². The summed E-state index contributed by atoms with van der Waals surface area (Å²) in [5.74, 6) is -1.90. The van der Waals surface area contributed by atoms with Crippen LogP contribution in [0.4, 0.5) is 26.0 Å². The minimum Gasteiger partial charge on any atom is -0.381 e. The first-order valence-corrected chi connectivity index (χ1v) is 15.7. The summed E-state index contributed by atoms with van der Waals surface area (Å²) < 4.78 is 35.8. The van der Waals surface area contributed by atoms with Crippen LogP contribution in [-0.2, 0) is 11.2 Å². The second-order valence-electron chi connectivity index (χ2n) is 11.2. The Hall–Kier alpha value is -3.67. The van der Waals surface area contributed by atoms with E-state index in [2.05, 4.69) is 31.1 Å². The number of hydrogen-bond donors (Lipinski definition) is 1. The fourth-order valence-electron chi connectivity index (χ4n) is 6.25. The molecule has 0 aliphatic carbocycles. The van der Waals surface area contributed by atoms with Crippen LogP contribution >= 0.6 is 27.3 Å². The van der Waals surface area contributed by atoms with Gasteiger partial charge in [-0.15, -0.1) is 11.3 Å². The second-order valence-corrected chi connectivity index (χ2v) is 13.7. The van der Waals surface area contributed by atoms with E-state index in [1.54, 1.807) is 42.6 Å². The molecule has 0 atom stereocenters. The molecule has 43 heavy (non-hydrogen) atoms. The summed E-state index contributed by atoms with van der Waals surface area (Å²) in [4.78, 5) is 35.8. The lowest BCUT2D eigenvalue weighted by molar-refractivity contribution is -0.000509. The van der Waals surface area contributed by atoms with Gasteiger partial charge in [0.25, 0.3) is 11.8 Å². The van der Waals surface area contributed by atoms with E-state index in [1.165, 1.54) is 22.3 Å². The molecule has 0 unspecified atom stereocenters. The van der Waals surface area contributed by atoms with Crippen molar-refractivity contribution in [2.24, 2.45) is 5.41 Å². The number of nitrogens with zero attached hydrogens (tertiary/aromatic N) is 3. The van der Waals surface area contributed by atoms with Gasteiger partial charge in [0, 0.05) is 60.6 Å². The fraction of sp³-hybridized carbons (Fsp3) is 0.281. The van der Waals surface area contributed by atoms with Crippen molar-refractivity contribution in [1.82, 2.24) is 4.98 Å². The highest BCUT2D eigenvalue weighted by molar-refractivity contribution is 9.11. The van der Waals surface area contributed by atoms with Crippen LogP contribution in [0.15, 0.2) is 64.6 Å². The fourth-order valence-corrected chi connectivity index (χ4v) is 7.99. The van der Waals surface area contributed by atoms with E-state index in [4.69, 9.17) is 4.74 Å². The summed E-state index contributed by atoms with van der Waals surface area (Å²) in [6.07, 6.45) is 4.22. The molecular formula is C32H27BrF2N4O3S. The predicted molar refractivity (Wildman–Crippen MR) is 166 cm³/mol. The molecule has 1 N–H and O–H groups in total. The Bertz CT molecular complexity index is 1730. The van der Waals surface area contributed by atoms with Gasteiger partial charge >= 0.3 is 0 Å². The Balaban J connectivity index is 1.09. The van der Waals surface area contributed by atoms with Crippen molar-refractivity contribution in [2.75, 3.05) is 48.0 Å². The van der Waals surface area contributed by atoms with Crippen molar-refractivity contribution in [2.45, 2.75) is 19.3 Å². The molecule has 2 aromatic carbocycles. The van der Waals surface area contributed by atoms with Crippen LogP contribution in [0, 0.1) is 17.0 Å². The Morgan fingerprint density at radius 3 is 2.58 bits per heavy atom. The zero-order valence-electron chi connectivity index (χ0n) is 23.0. The molecule has 2 saturated heterocycles. The number of carbonyl (C=O) groups excluding carboxylic acids is 2. The van der Waals surface area contributed by atoms with Crippen molar-refractivity contribution in [1.29, 1.82) is 0 Å². The minimum absolute atomic E-state index is 0.0950. The molecule has 0 saturated carbocycles. The van der Waals surface area contributed by atoms with Gasteiger partial charge in [0.1, 0.15) is 5.82 Å². The first kappa shape index (κ1) is 28.1. The number of aromatic nitrogens is 1. The van der Waals surface area contributed by atoms with Crippen molar-refractivity contribution in [3.63, 3.8) is 0 Å². The number of thiophene rings is 1. The average molecular weight is 666 g/mol. The third-order valence-corrected chi connectivity index (χ3v) is 10.2. The minimum atomic E-state index is -0.971. The molecule has 11 heteroatoms. The normalized spacial score (nSPS) is 17.1. The first-order valence-electron chi connectivity index (χ1n) is 14.1. The lowest BCUT2D eigenvalue weighted by Gasteiger charge is -2.53. The van der Waals surface area contributed by atoms with Gasteiger partial charge in [-0.05, 0) is 95.4 Å².